The van der Waals surface area contributed by atoms with E-state index in [9.17, 15) is 4.39 Å². The average Bonchev–Trinajstić information content (AvgIpc) is 2.83. The number of fused-ring (bicyclic) bond motifs is 2. The van der Waals surface area contributed by atoms with E-state index in [4.69, 9.17) is 4.74 Å². The maximum atomic E-state index is 15.6. The van der Waals surface area contributed by atoms with Gasteiger partial charge in [-0.05, 0) is 80.2 Å². The predicted octanol–water partition coefficient (Wildman–Crippen LogP) is 9.87. The molecule has 2 aromatic carbocycles. The van der Waals surface area contributed by atoms with Crippen molar-refractivity contribution >= 4 is 10.8 Å². The fourth-order valence-electron chi connectivity index (χ4n) is 6.65. The maximum absolute atomic E-state index is 15.6. The molecule has 192 valence electrons. The molecule has 4 heteroatoms. The highest BCUT2D eigenvalue weighted by molar-refractivity contribution is 5.86. The highest BCUT2D eigenvalue weighted by Crippen LogP contribution is 2.49. The topological polar surface area (TPSA) is 9.23 Å². The van der Waals surface area contributed by atoms with Gasteiger partial charge in [0.2, 0.25) is 0 Å². The first-order valence-corrected chi connectivity index (χ1v) is 13.9. The molecule has 0 spiro atoms. The highest BCUT2D eigenvalue weighted by Gasteiger charge is 2.37. The van der Waals surface area contributed by atoms with E-state index in [1.807, 2.05) is 13.0 Å². The smallest absolute Gasteiger partial charge is 0.140 e. The fourth-order valence-corrected chi connectivity index (χ4v) is 6.65. The van der Waals surface area contributed by atoms with E-state index in [1.165, 1.54) is 76.0 Å². The molecule has 4 rings (SSSR count). The van der Waals surface area contributed by atoms with Crippen molar-refractivity contribution in [2.75, 3.05) is 6.61 Å². The number of benzene rings is 2. The van der Waals surface area contributed by atoms with Crippen LogP contribution in [0.25, 0.3) is 10.8 Å². The number of halogens is 3. The van der Waals surface area contributed by atoms with Crippen LogP contribution in [0.1, 0.15) is 102 Å². The van der Waals surface area contributed by atoms with Gasteiger partial charge in [-0.2, -0.15) is 0 Å². The second-order valence-electron chi connectivity index (χ2n) is 10.9. The van der Waals surface area contributed by atoms with E-state index >= 15 is 8.78 Å². The molecule has 2 aromatic rings. The molecule has 0 aromatic heterocycles. The summed E-state index contributed by atoms with van der Waals surface area (Å²) in [6, 6.07) is 4.02. The molecule has 0 aliphatic heterocycles. The molecule has 2 aliphatic rings. The van der Waals surface area contributed by atoms with Gasteiger partial charge in [0.1, 0.15) is 29.8 Å². The zero-order valence-corrected chi connectivity index (χ0v) is 21.4. The lowest BCUT2D eigenvalue weighted by molar-refractivity contribution is 0.111. The summed E-state index contributed by atoms with van der Waals surface area (Å²) in [5.41, 5.74) is 0.0930. The first-order chi connectivity index (χ1) is 17.0. The quantitative estimate of drug-likeness (QED) is 0.240. The Morgan fingerprint density at radius 3 is 2.46 bits per heavy atom. The Balaban J connectivity index is 1.43. The second-order valence-corrected chi connectivity index (χ2v) is 10.9. The maximum Gasteiger partial charge on any atom is 0.140 e. The summed E-state index contributed by atoms with van der Waals surface area (Å²) in [5.74, 6) is 0.184. The Kier molecular flexibility index (Phi) is 9.19. The van der Waals surface area contributed by atoms with E-state index in [0.717, 1.165) is 25.2 Å². The van der Waals surface area contributed by atoms with Crippen LogP contribution >= 0.6 is 0 Å². The Morgan fingerprint density at radius 1 is 0.886 bits per heavy atom. The molecule has 2 aliphatic carbocycles. The number of rotatable bonds is 10. The van der Waals surface area contributed by atoms with Gasteiger partial charge in [0, 0.05) is 11.6 Å². The van der Waals surface area contributed by atoms with Gasteiger partial charge in [0.05, 0.1) is 5.39 Å². The van der Waals surface area contributed by atoms with Crippen molar-refractivity contribution in [2.24, 2.45) is 17.8 Å². The van der Waals surface area contributed by atoms with Crippen LogP contribution in [0.3, 0.4) is 0 Å². The van der Waals surface area contributed by atoms with Gasteiger partial charge < -0.3 is 4.74 Å². The van der Waals surface area contributed by atoms with Gasteiger partial charge in [0.25, 0.3) is 0 Å². The Hall–Kier alpha value is -1.97. The second kappa shape index (κ2) is 12.3. The van der Waals surface area contributed by atoms with Gasteiger partial charge >= 0.3 is 0 Å². The highest BCUT2D eigenvalue weighted by atomic mass is 19.1. The van der Waals surface area contributed by atoms with Crippen LogP contribution in [0, 0.1) is 35.2 Å². The minimum absolute atomic E-state index is 0.0930. The van der Waals surface area contributed by atoms with Gasteiger partial charge in [-0.1, -0.05) is 64.0 Å². The minimum atomic E-state index is -0.721. The summed E-state index contributed by atoms with van der Waals surface area (Å²) < 4.78 is 51.2. The lowest BCUT2D eigenvalue weighted by Gasteiger charge is -2.42. The molecule has 2 saturated carbocycles. The van der Waals surface area contributed by atoms with Crippen LogP contribution in [0.2, 0.25) is 0 Å². The molecule has 0 heterocycles. The Labute approximate surface area is 209 Å². The predicted molar refractivity (Wildman–Crippen MR) is 138 cm³/mol. The van der Waals surface area contributed by atoms with E-state index in [1.54, 1.807) is 6.08 Å². The van der Waals surface area contributed by atoms with Crippen molar-refractivity contribution in [2.45, 2.75) is 96.8 Å². The number of hydrogen-bond donors (Lipinski definition) is 0. The molecule has 2 fully saturated rings. The number of ether oxygens (including phenoxy) is 1. The largest absolute Gasteiger partial charge is 0.489 e. The molecule has 0 N–H and O–H groups in total. The van der Waals surface area contributed by atoms with Crippen LogP contribution < -0.4 is 4.74 Å². The summed E-state index contributed by atoms with van der Waals surface area (Å²) in [4.78, 5) is 0. The van der Waals surface area contributed by atoms with Gasteiger partial charge in [-0.3, -0.25) is 0 Å². The third kappa shape index (κ3) is 6.24. The van der Waals surface area contributed by atoms with E-state index in [-0.39, 0.29) is 34.6 Å². The average molecular weight is 487 g/mol. The summed E-state index contributed by atoms with van der Waals surface area (Å²) >= 11 is 0. The van der Waals surface area contributed by atoms with Crippen molar-refractivity contribution in [1.82, 2.24) is 0 Å². The fraction of sp³-hybridized carbons (Fsp3) is 0.613. The van der Waals surface area contributed by atoms with Crippen molar-refractivity contribution in [3.8, 4) is 5.75 Å². The Bertz CT molecular complexity index is 1010. The molecule has 2 unspecified atom stereocenters. The van der Waals surface area contributed by atoms with Gasteiger partial charge in [-0.25, -0.2) is 13.2 Å². The zero-order valence-electron chi connectivity index (χ0n) is 21.4. The first-order valence-electron chi connectivity index (χ1n) is 13.9. The molecule has 35 heavy (non-hydrogen) atoms. The first kappa shape index (κ1) is 26.1. The van der Waals surface area contributed by atoms with Crippen LogP contribution in [0.15, 0.2) is 30.4 Å². The van der Waals surface area contributed by atoms with Gasteiger partial charge in [-0.15, -0.1) is 0 Å². The molecular formula is C31H41F3O. The number of unbranched alkanes of at least 4 members (excludes halogenated alkanes) is 4. The van der Waals surface area contributed by atoms with E-state index in [2.05, 4.69) is 6.92 Å². The summed E-state index contributed by atoms with van der Waals surface area (Å²) in [5, 5.41) is 0.0982. The third-order valence-corrected chi connectivity index (χ3v) is 8.52. The van der Waals surface area contributed by atoms with Crippen molar-refractivity contribution < 1.29 is 17.9 Å². The van der Waals surface area contributed by atoms with Crippen LogP contribution in [0.5, 0.6) is 5.75 Å². The number of hydrogen-bond acceptors (Lipinski definition) is 1. The van der Waals surface area contributed by atoms with Gasteiger partial charge in [0.15, 0.2) is 0 Å². The van der Waals surface area contributed by atoms with Crippen LogP contribution in [0.4, 0.5) is 13.2 Å². The zero-order chi connectivity index (χ0) is 24.8. The molecule has 0 radical (unpaired) electrons. The SMILES string of the molecule is C/C=C/COc1cc(F)c2c(F)c([C@@H]3CC[C@@H]4CC(CCCCCCC)CCC4C3)c(F)cc2c1. The summed E-state index contributed by atoms with van der Waals surface area (Å²) in [7, 11) is 0. The van der Waals surface area contributed by atoms with Crippen LogP contribution in [-0.2, 0) is 0 Å². The standard InChI is InChI=1S/C31H41F3O/c1-3-5-7-8-9-10-21-11-12-23-17-24(14-13-22(23)16-21)29-27(32)19-25-18-26(35-15-6-4-2)20-28(33)30(25)31(29)34/h4,6,18-24H,3,5,7-17H2,1-2H3/b6-4+/t21?,22-,23?,24-/m1/s1. The monoisotopic (exact) mass is 486 g/mol. The van der Waals surface area contributed by atoms with Crippen LogP contribution in [-0.4, -0.2) is 6.61 Å². The number of allylic oxidation sites excluding steroid dienone is 1. The molecular weight excluding hydrogens is 445 g/mol. The Morgan fingerprint density at radius 2 is 1.66 bits per heavy atom. The minimum Gasteiger partial charge on any atom is -0.489 e. The molecule has 0 saturated heterocycles. The summed E-state index contributed by atoms with van der Waals surface area (Å²) in [6.45, 7) is 4.40. The summed E-state index contributed by atoms with van der Waals surface area (Å²) in [6.07, 6.45) is 17.9. The van der Waals surface area contributed by atoms with Crippen molar-refractivity contribution in [3.05, 3.63) is 53.4 Å². The molecule has 0 amide bonds. The molecule has 4 atom stereocenters. The van der Waals surface area contributed by atoms with Crippen molar-refractivity contribution in [3.63, 3.8) is 0 Å². The molecule has 1 nitrogen and oxygen atoms in total. The van der Waals surface area contributed by atoms with E-state index in [0.29, 0.717) is 11.8 Å². The lowest BCUT2D eigenvalue weighted by Crippen LogP contribution is -2.31. The normalized spacial score (nSPS) is 24.7. The molecule has 0 bridgehead atoms. The lowest BCUT2D eigenvalue weighted by atomic mass is 9.63. The van der Waals surface area contributed by atoms with E-state index < -0.39 is 17.5 Å². The van der Waals surface area contributed by atoms with Crippen molar-refractivity contribution in [1.29, 1.82) is 0 Å². The third-order valence-electron chi connectivity index (χ3n) is 8.52.